The predicted octanol–water partition coefficient (Wildman–Crippen LogP) is -0.222. The lowest BCUT2D eigenvalue weighted by molar-refractivity contribution is -0.128. The molecule has 4 heteroatoms. The van der Waals surface area contributed by atoms with Gasteiger partial charge in [-0.2, -0.15) is 0 Å². The molecule has 0 aromatic heterocycles. The molecule has 0 aromatic carbocycles. The molecule has 1 aliphatic rings. The molecule has 1 fully saturated rings. The maximum absolute atomic E-state index is 11.2. The molecule has 12 heavy (non-hydrogen) atoms. The number of amides is 2. The molecule has 68 valence electrons. The number of hydrogen-bond donors (Lipinski definition) is 2. The van der Waals surface area contributed by atoms with Crippen LogP contribution in [0.5, 0.6) is 0 Å². The van der Waals surface area contributed by atoms with Crippen molar-refractivity contribution in [1.82, 2.24) is 5.32 Å². The van der Waals surface area contributed by atoms with Crippen molar-refractivity contribution >= 4 is 11.8 Å². The van der Waals surface area contributed by atoms with Gasteiger partial charge in [-0.15, -0.1) is 0 Å². The third-order valence-corrected chi connectivity index (χ3v) is 2.10. The molecular formula is C8H14N2O2. The highest BCUT2D eigenvalue weighted by Gasteiger charge is 2.21. The van der Waals surface area contributed by atoms with Crippen LogP contribution in [0.25, 0.3) is 0 Å². The van der Waals surface area contributed by atoms with Gasteiger partial charge in [0.05, 0.1) is 0 Å². The normalized spacial score (nSPS) is 24.3. The minimum atomic E-state index is -0.392. The Balaban J connectivity index is 2.47. The molecule has 4 nitrogen and oxygen atoms in total. The van der Waals surface area contributed by atoms with Gasteiger partial charge in [0.1, 0.15) is 0 Å². The highest BCUT2D eigenvalue weighted by Crippen LogP contribution is 2.15. The van der Waals surface area contributed by atoms with Crippen molar-refractivity contribution in [2.75, 3.05) is 6.54 Å². The van der Waals surface area contributed by atoms with Gasteiger partial charge in [-0.3, -0.25) is 9.59 Å². The Hall–Kier alpha value is -1.06. The third kappa shape index (κ3) is 2.53. The molecule has 0 spiro atoms. The van der Waals surface area contributed by atoms with Crippen LogP contribution in [0.2, 0.25) is 0 Å². The van der Waals surface area contributed by atoms with Crippen LogP contribution in [0.1, 0.15) is 25.7 Å². The van der Waals surface area contributed by atoms with Crippen LogP contribution < -0.4 is 11.1 Å². The van der Waals surface area contributed by atoms with E-state index in [-0.39, 0.29) is 18.2 Å². The van der Waals surface area contributed by atoms with Crippen molar-refractivity contribution in [3.8, 4) is 0 Å². The number of primary amides is 1. The van der Waals surface area contributed by atoms with Crippen LogP contribution in [0.4, 0.5) is 0 Å². The second kappa shape index (κ2) is 4.09. The highest BCUT2D eigenvalue weighted by molar-refractivity contribution is 5.85. The van der Waals surface area contributed by atoms with E-state index < -0.39 is 5.91 Å². The molecule has 1 unspecified atom stereocenters. The number of nitrogens with one attached hydrogen (secondary N) is 1. The predicted molar refractivity (Wildman–Crippen MR) is 44.2 cm³/mol. The van der Waals surface area contributed by atoms with Crippen molar-refractivity contribution in [2.24, 2.45) is 11.7 Å². The Kier molecular flexibility index (Phi) is 3.08. The summed E-state index contributed by atoms with van der Waals surface area (Å²) in [6, 6.07) is 0. The second-order valence-electron chi connectivity index (χ2n) is 3.15. The molecule has 1 saturated heterocycles. The summed E-state index contributed by atoms with van der Waals surface area (Å²) < 4.78 is 0. The van der Waals surface area contributed by atoms with Crippen LogP contribution in [0.15, 0.2) is 0 Å². The zero-order valence-corrected chi connectivity index (χ0v) is 7.01. The van der Waals surface area contributed by atoms with Gasteiger partial charge < -0.3 is 11.1 Å². The summed E-state index contributed by atoms with van der Waals surface area (Å²) >= 11 is 0. The molecule has 1 aliphatic heterocycles. The molecule has 0 saturated carbocycles. The SMILES string of the molecule is NC(=O)CC1CCCCNC1=O. The van der Waals surface area contributed by atoms with E-state index >= 15 is 0 Å². The second-order valence-corrected chi connectivity index (χ2v) is 3.15. The summed E-state index contributed by atoms with van der Waals surface area (Å²) in [4.78, 5) is 21.8. The number of carbonyl (C=O) groups is 2. The van der Waals surface area contributed by atoms with E-state index in [1.165, 1.54) is 0 Å². The van der Waals surface area contributed by atoms with Gasteiger partial charge >= 0.3 is 0 Å². The Morgan fingerprint density at radius 1 is 1.58 bits per heavy atom. The molecule has 0 radical (unpaired) electrons. The number of carbonyl (C=O) groups excluding carboxylic acids is 2. The van der Waals surface area contributed by atoms with Gasteiger partial charge in [-0.1, -0.05) is 6.42 Å². The van der Waals surface area contributed by atoms with E-state index in [0.29, 0.717) is 0 Å². The molecule has 0 aliphatic carbocycles. The van der Waals surface area contributed by atoms with Gasteiger partial charge in [-0.05, 0) is 12.8 Å². The molecule has 1 heterocycles. The van der Waals surface area contributed by atoms with E-state index in [1.807, 2.05) is 0 Å². The minimum absolute atomic E-state index is 0.0219. The van der Waals surface area contributed by atoms with Crippen molar-refractivity contribution in [3.63, 3.8) is 0 Å². The zero-order valence-electron chi connectivity index (χ0n) is 7.01. The first-order valence-corrected chi connectivity index (χ1v) is 4.26. The fourth-order valence-corrected chi connectivity index (χ4v) is 1.44. The van der Waals surface area contributed by atoms with Crippen molar-refractivity contribution in [1.29, 1.82) is 0 Å². The van der Waals surface area contributed by atoms with Crippen LogP contribution in [-0.4, -0.2) is 18.4 Å². The Labute approximate surface area is 71.5 Å². The standard InChI is InChI=1S/C8H14N2O2/c9-7(11)5-6-3-1-2-4-10-8(6)12/h6H,1-5H2,(H2,9,11)(H,10,12). The molecular weight excluding hydrogens is 156 g/mol. The monoisotopic (exact) mass is 170 g/mol. The summed E-state index contributed by atoms with van der Waals surface area (Å²) in [6.45, 7) is 0.730. The van der Waals surface area contributed by atoms with Crippen LogP contribution in [-0.2, 0) is 9.59 Å². The van der Waals surface area contributed by atoms with E-state index in [2.05, 4.69) is 5.32 Å². The summed E-state index contributed by atoms with van der Waals surface area (Å²) in [5, 5.41) is 2.75. The average molecular weight is 170 g/mol. The van der Waals surface area contributed by atoms with Gasteiger partial charge in [0.15, 0.2) is 0 Å². The number of nitrogens with two attached hydrogens (primary N) is 1. The van der Waals surface area contributed by atoms with Gasteiger partial charge in [-0.25, -0.2) is 0 Å². The van der Waals surface area contributed by atoms with Crippen molar-refractivity contribution in [2.45, 2.75) is 25.7 Å². The summed E-state index contributed by atoms with van der Waals surface area (Å²) in [7, 11) is 0. The maximum Gasteiger partial charge on any atom is 0.223 e. The smallest absolute Gasteiger partial charge is 0.223 e. The largest absolute Gasteiger partial charge is 0.370 e. The first-order valence-electron chi connectivity index (χ1n) is 4.26. The van der Waals surface area contributed by atoms with Crippen LogP contribution >= 0.6 is 0 Å². The van der Waals surface area contributed by atoms with E-state index in [9.17, 15) is 9.59 Å². The van der Waals surface area contributed by atoms with E-state index in [0.717, 1.165) is 25.8 Å². The molecule has 2 amide bonds. The summed E-state index contributed by atoms with van der Waals surface area (Å²) in [5.74, 6) is -0.603. The van der Waals surface area contributed by atoms with Gasteiger partial charge in [0, 0.05) is 18.9 Å². The van der Waals surface area contributed by atoms with Gasteiger partial charge in [0.2, 0.25) is 11.8 Å². The van der Waals surface area contributed by atoms with Gasteiger partial charge in [0.25, 0.3) is 0 Å². The Bertz CT molecular complexity index is 191. The Morgan fingerprint density at radius 3 is 3.00 bits per heavy atom. The lowest BCUT2D eigenvalue weighted by atomic mass is 9.99. The Morgan fingerprint density at radius 2 is 2.33 bits per heavy atom. The van der Waals surface area contributed by atoms with Crippen molar-refractivity contribution < 1.29 is 9.59 Å². The molecule has 0 aromatic rings. The lowest BCUT2D eigenvalue weighted by Crippen LogP contribution is -2.31. The topological polar surface area (TPSA) is 72.2 Å². The first-order chi connectivity index (χ1) is 5.70. The third-order valence-electron chi connectivity index (χ3n) is 2.10. The van der Waals surface area contributed by atoms with Crippen LogP contribution in [0.3, 0.4) is 0 Å². The fraction of sp³-hybridized carbons (Fsp3) is 0.750. The summed E-state index contributed by atoms with van der Waals surface area (Å²) in [5.41, 5.74) is 5.02. The zero-order chi connectivity index (χ0) is 8.97. The fourth-order valence-electron chi connectivity index (χ4n) is 1.44. The lowest BCUT2D eigenvalue weighted by Gasteiger charge is -2.09. The molecule has 3 N–H and O–H groups in total. The average Bonchev–Trinajstić information content (AvgIpc) is 2.16. The van der Waals surface area contributed by atoms with Crippen LogP contribution in [0, 0.1) is 5.92 Å². The summed E-state index contributed by atoms with van der Waals surface area (Å²) in [6.07, 6.45) is 2.97. The molecule has 1 rings (SSSR count). The number of rotatable bonds is 2. The quantitative estimate of drug-likeness (QED) is 0.601. The molecule has 1 atom stereocenters. The molecule has 0 bridgehead atoms. The van der Waals surface area contributed by atoms with Crippen molar-refractivity contribution in [3.05, 3.63) is 0 Å². The van der Waals surface area contributed by atoms with E-state index in [1.54, 1.807) is 0 Å². The maximum atomic E-state index is 11.2. The first kappa shape index (κ1) is 9.03. The minimum Gasteiger partial charge on any atom is -0.370 e. The number of hydrogen-bond acceptors (Lipinski definition) is 2. The highest BCUT2D eigenvalue weighted by atomic mass is 16.2. The van der Waals surface area contributed by atoms with E-state index in [4.69, 9.17) is 5.73 Å².